The first-order valence-corrected chi connectivity index (χ1v) is 8.42. The van der Waals surface area contributed by atoms with Crippen LogP contribution in [0, 0.1) is 5.92 Å². The zero-order valence-corrected chi connectivity index (χ0v) is 13.8. The van der Waals surface area contributed by atoms with Crippen LogP contribution in [0.4, 0.5) is 11.5 Å². The van der Waals surface area contributed by atoms with Gasteiger partial charge in [-0.1, -0.05) is 23.7 Å². The Hall–Kier alpha value is -1.78. The van der Waals surface area contributed by atoms with Crippen LogP contribution < -0.4 is 10.2 Å². The van der Waals surface area contributed by atoms with Crippen LogP contribution in [0.3, 0.4) is 0 Å². The third-order valence-corrected chi connectivity index (χ3v) is 4.62. The minimum atomic E-state index is 0.305. The Balaban J connectivity index is 1.54. The highest BCUT2D eigenvalue weighted by Crippen LogP contribution is 2.23. The second-order valence-corrected chi connectivity index (χ2v) is 6.43. The SMILES string of the molecule is OCC1CCN(c2ccc(NCc3ccc(Cl)cc3)nc2)CC1. The van der Waals surface area contributed by atoms with E-state index in [-0.39, 0.29) is 0 Å². The van der Waals surface area contributed by atoms with Crippen LogP contribution in [0.15, 0.2) is 42.6 Å². The van der Waals surface area contributed by atoms with E-state index in [0.717, 1.165) is 49.0 Å². The summed E-state index contributed by atoms with van der Waals surface area (Å²) in [5, 5.41) is 13.3. The zero-order valence-electron chi connectivity index (χ0n) is 13.1. The molecule has 0 radical (unpaired) electrons. The van der Waals surface area contributed by atoms with Crippen molar-refractivity contribution in [2.75, 3.05) is 29.9 Å². The molecule has 0 saturated carbocycles. The van der Waals surface area contributed by atoms with Gasteiger partial charge in [-0.3, -0.25) is 0 Å². The average Bonchev–Trinajstić information content (AvgIpc) is 2.62. The molecule has 4 nitrogen and oxygen atoms in total. The van der Waals surface area contributed by atoms with Crippen molar-refractivity contribution < 1.29 is 5.11 Å². The molecule has 1 fully saturated rings. The molecule has 2 N–H and O–H groups in total. The molecule has 122 valence electrons. The van der Waals surface area contributed by atoms with Gasteiger partial charge in [0, 0.05) is 31.3 Å². The molecular weight excluding hydrogens is 310 g/mol. The highest BCUT2D eigenvalue weighted by Gasteiger charge is 2.18. The number of benzene rings is 1. The summed E-state index contributed by atoms with van der Waals surface area (Å²) in [4.78, 5) is 6.83. The number of nitrogens with one attached hydrogen (secondary N) is 1. The Labute approximate surface area is 142 Å². The largest absolute Gasteiger partial charge is 0.396 e. The van der Waals surface area contributed by atoms with Gasteiger partial charge in [0.25, 0.3) is 0 Å². The summed E-state index contributed by atoms with van der Waals surface area (Å²) in [6.07, 6.45) is 4.02. The van der Waals surface area contributed by atoms with Gasteiger partial charge < -0.3 is 15.3 Å². The molecule has 23 heavy (non-hydrogen) atoms. The van der Waals surface area contributed by atoms with Crippen LogP contribution in [0.5, 0.6) is 0 Å². The molecule has 1 saturated heterocycles. The maximum absolute atomic E-state index is 9.21. The highest BCUT2D eigenvalue weighted by molar-refractivity contribution is 6.30. The first kappa shape index (κ1) is 16.1. The maximum Gasteiger partial charge on any atom is 0.126 e. The van der Waals surface area contributed by atoms with E-state index in [0.29, 0.717) is 12.5 Å². The van der Waals surface area contributed by atoms with Crippen molar-refractivity contribution in [2.24, 2.45) is 5.92 Å². The van der Waals surface area contributed by atoms with Crippen LogP contribution in [0.1, 0.15) is 18.4 Å². The highest BCUT2D eigenvalue weighted by atomic mass is 35.5. The third kappa shape index (κ3) is 4.36. The lowest BCUT2D eigenvalue weighted by Crippen LogP contribution is -2.34. The smallest absolute Gasteiger partial charge is 0.126 e. The van der Waals surface area contributed by atoms with E-state index in [4.69, 9.17) is 11.6 Å². The van der Waals surface area contributed by atoms with Crippen LogP contribution in [0.2, 0.25) is 5.02 Å². The zero-order chi connectivity index (χ0) is 16.1. The Morgan fingerprint density at radius 3 is 2.48 bits per heavy atom. The van der Waals surface area contributed by atoms with Crippen molar-refractivity contribution >= 4 is 23.1 Å². The number of aliphatic hydroxyl groups is 1. The minimum Gasteiger partial charge on any atom is -0.396 e. The lowest BCUT2D eigenvalue weighted by molar-refractivity contribution is 0.203. The van der Waals surface area contributed by atoms with Crippen LogP contribution in [-0.4, -0.2) is 29.8 Å². The van der Waals surface area contributed by atoms with Gasteiger partial charge in [0.05, 0.1) is 11.9 Å². The van der Waals surface area contributed by atoms with Gasteiger partial charge in [0.2, 0.25) is 0 Å². The second-order valence-electron chi connectivity index (χ2n) is 5.99. The summed E-state index contributed by atoms with van der Waals surface area (Å²) in [6.45, 7) is 3.01. The number of anilines is 2. The monoisotopic (exact) mass is 331 g/mol. The number of halogens is 1. The van der Waals surface area contributed by atoms with Crippen molar-refractivity contribution in [1.82, 2.24) is 4.98 Å². The number of hydrogen-bond donors (Lipinski definition) is 2. The molecule has 0 atom stereocenters. The van der Waals surface area contributed by atoms with Gasteiger partial charge in [0.1, 0.15) is 5.82 Å². The molecule has 1 aliphatic rings. The molecular formula is C18H22ClN3O. The number of pyridine rings is 1. The predicted octanol–water partition coefficient (Wildman–Crippen LogP) is 3.56. The molecule has 2 heterocycles. The number of aliphatic hydroxyl groups excluding tert-OH is 1. The summed E-state index contributed by atoms with van der Waals surface area (Å²) in [6, 6.07) is 11.9. The van der Waals surface area contributed by atoms with Gasteiger partial charge in [-0.15, -0.1) is 0 Å². The topological polar surface area (TPSA) is 48.4 Å². The van der Waals surface area contributed by atoms with E-state index in [2.05, 4.69) is 21.3 Å². The molecule has 5 heteroatoms. The van der Waals surface area contributed by atoms with Crippen LogP contribution in [0.25, 0.3) is 0 Å². The molecule has 2 aromatic rings. The Morgan fingerprint density at radius 1 is 1.13 bits per heavy atom. The standard InChI is InChI=1S/C18H22ClN3O/c19-16-3-1-14(2-4-16)11-20-18-6-5-17(12-21-18)22-9-7-15(13-23)8-10-22/h1-6,12,15,23H,7-11,13H2,(H,20,21). The summed E-state index contributed by atoms with van der Waals surface area (Å²) in [5.41, 5.74) is 2.32. The fraction of sp³-hybridized carbons (Fsp3) is 0.389. The number of aromatic nitrogens is 1. The fourth-order valence-electron chi connectivity index (χ4n) is 2.85. The van der Waals surface area contributed by atoms with Crippen molar-refractivity contribution in [3.63, 3.8) is 0 Å². The van der Waals surface area contributed by atoms with E-state index in [1.54, 1.807) is 0 Å². The first-order chi connectivity index (χ1) is 11.2. The summed E-state index contributed by atoms with van der Waals surface area (Å²) >= 11 is 5.89. The average molecular weight is 332 g/mol. The van der Waals surface area contributed by atoms with Gasteiger partial charge in [-0.05, 0) is 48.6 Å². The number of rotatable bonds is 5. The third-order valence-electron chi connectivity index (χ3n) is 4.37. The Morgan fingerprint density at radius 2 is 1.87 bits per heavy atom. The van der Waals surface area contributed by atoms with Gasteiger partial charge >= 0.3 is 0 Å². The molecule has 0 bridgehead atoms. The van der Waals surface area contributed by atoms with Crippen molar-refractivity contribution in [1.29, 1.82) is 0 Å². The van der Waals surface area contributed by atoms with Crippen molar-refractivity contribution in [2.45, 2.75) is 19.4 Å². The summed E-state index contributed by atoms with van der Waals surface area (Å²) in [7, 11) is 0. The normalized spacial score (nSPS) is 15.7. The van der Waals surface area contributed by atoms with Gasteiger partial charge in [-0.25, -0.2) is 4.98 Å². The molecule has 1 aromatic carbocycles. The molecule has 1 aliphatic heterocycles. The van der Waals surface area contributed by atoms with Crippen molar-refractivity contribution in [3.05, 3.63) is 53.2 Å². The molecule has 3 rings (SSSR count). The van der Waals surface area contributed by atoms with Gasteiger partial charge in [-0.2, -0.15) is 0 Å². The van der Waals surface area contributed by atoms with E-state index in [1.165, 1.54) is 5.56 Å². The Bertz CT molecular complexity index is 607. The second kappa shape index (κ2) is 7.66. The fourth-order valence-corrected chi connectivity index (χ4v) is 2.97. The van der Waals surface area contributed by atoms with E-state index >= 15 is 0 Å². The lowest BCUT2D eigenvalue weighted by Gasteiger charge is -2.32. The summed E-state index contributed by atoms with van der Waals surface area (Å²) < 4.78 is 0. The minimum absolute atomic E-state index is 0.305. The molecule has 0 unspecified atom stereocenters. The predicted molar refractivity (Wildman–Crippen MR) is 95.0 cm³/mol. The molecule has 1 aromatic heterocycles. The van der Waals surface area contributed by atoms with E-state index < -0.39 is 0 Å². The van der Waals surface area contributed by atoms with Gasteiger partial charge in [0.15, 0.2) is 0 Å². The van der Waals surface area contributed by atoms with Crippen LogP contribution >= 0.6 is 11.6 Å². The van der Waals surface area contributed by atoms with E-state index in [9.17, 15) is 5.11 Å². The lowest BCUT2D eigenvalue weighted by atomic mass is 9.98. The molecule has 0 aliphatic carbocycles. The number of hydrogen-bond acceptors (Lipinski definition) is 4. The Kier molecular flexibility index (Phi) is 5.36. The number of nitrogens with zero attached hydrogens (tertiary/aromatic N) is 2. The summed E-state index contributed by atoms with van der Waals surface area (Å²) in [5.74, 6) is 1.33. The maximum atomic E-state index is 9.21. The van der Waals surface area contributed by atoms with Crippen LogP contribution in [-0.2, 0) is 6.54 Å². The van der Waals surface area contributed by atoms with Crippen molar-refractivity contribution in [3.8, 4) is 0 Å². The molecule has 0 amide bonds. The quantitative estimate of drug-likeness (QED) is 0.879. The van der Waals surface area contributed by atoms with E-state index in [1.807, 2.05) is 36.5 Å². The molecule has 0 spiro atoms. The first-order valence-electron chi connectivity index (χ1n) is 8.05. The number of piperidine rings is 1.